The molecular formula is C9H10N4S. The van der Waals surface area contributed by atoms with E-state index in [0.29, 0.717) is 0 Å². The molecule has 0 aliphatic heterocycles. The lowest BCUT2D eigenvalue weighted by Crippen LogP contribution is -2.06. The van der Waals surface area contributed by atoms with Crippen LogP contribution in [0.1, 0.15) is 5.01 Å². The molecule has 2 aromatic heterocycles. The van der Waals surface area contributed by atoms with E-state index in [-0.39, 0.29) is 0 Å². The van der Waals surface area contributed by atoms with Crippen LogP contribution >= 0.6 is 11.3 Å². The van der Waals surface area contributed by atoms with Gasteiger partial charge in [0, 0.05) is 30.7 Å². The summed E-state index contributed by atoms with van der Waals surface area (Å²) in [5, 5.41) is 14.0. The lowest BCUT2D eigenvalue weighted by molar-refractivity contribution is 0.957. The van der Waals surface area contributed by atoms with Gasteiger partial charge in [0.25, 0.3) is 0 Å². The third-order valence-corrected chi connectivity index (χ3v) is 2.54. The van der Waals surface area contributed by atoms with Crippen LogP contribution in [-0.2, 0) is 6.42 Å². The molecule has 2 aromatic rings. The number of aromatic nitrogens is 3. The summed E-state index contributed by atoms with van der Waals surface area (Å²) in [5.41, 5.74) is 0. The average molecular weight is 206 g/mol. The maximum Gasteiger partial charge on any atom is 0.148 e. The van der Waals surface area contributed by atoms with Gasteiger partial charge in [0.05, 0.1) is 5.01 Å². The van der Waals surface area contributed by atoms with Crippen molar-refractivity contribution in [3.8, 4) is 0 Å². The molecule has 14 heavy (non-hydrogen) atoms. The van der Waals surface area contributed by atoms with Crippen molar-refractivity contribution in [2.45, 2.75) is 6.42 Å². The van der Waals surface area contributed by atoms with Crippen LogP contribution in [0.2, 0.25) is 0 Å². The van der Waals surface area contributed by atoms with Gasteiger partial charge in [-0.25, -0.2) is 4.98 Å². The topological polar surface area (TPSA) is 50.7 Å². The number of nitrogens with one attached hydrogen (secondary N) is 1. The third-order valence-electron chi connectivity index (χ3n) is 1.70. The van der Waals surface area contributed by atoms with Gasteiger partial charge in [0.2, 0.25) is 0 Å². The van der Waals surface area contributed by atoms with Crippen molar-refractivity contribution in [2.75, 3.05) is 11.9 Å². The van der Waals surface area contributed by atoms with Crippen molar-refractivity contribution in [1.29, 1.82) is 0 Å². The van der Waals surface area contributed by atoms with Crippen LogP contribution < -0.4 is 5.32 Å². The zero-order valence-electron chi connectivity index (χ0n) is 7.55. The number of anilines is 1. The molecule has 2 heterocycles. The zero-order valence-corrected chi connectivity index (χ0v) is 8.37. The third kappa shape index (κ3) is 2.50. The first-order valence-corrected chi connectivity index (χ1v) is 5.23. The van der Waals surface area contributed by atoms with Crippen molar-refractivity contribution in [1.82, 2.24) is 15.2 Å². The predicted molar refractivity (Wildman–Crippen MR) is 56.3 cm³/mol. The molecule has 0 radical (unpaired) electrons. The summed E-state index contributed by atoms with van der Waals surface area (Å²) in [6, 6.07) is 3.76. The number of hydrogen-bond acceptors (Lipinski definition) is 5. The van der Waals surface area contributed by atoms with Gasteiger partial charge in [-0.3, -0.25) is 0 Å². The minimum absolute atomic E-state index is 0.809. The monoisotopic (exact) mass is 206 g/mol. The lowest BCUT2D eigenvalue weighted by atomic mass is 10.4. The summed E-state index contributed by atoms with van der Waals surface area (Å²) in [5.74, 6) is 0.809. The summed E-state index contributed by atoms with van der Waals surface area (Å²) in [6.07, 6.45) is 4.41. The van der Waals surface area contributed by atoms with Crippen LogP contribution in [-0.4, -0.2) is 21.7 Å². The zero-order chi connectivity index (χ0) is 9.64. The van der Waals surface area contributed by atoms with Crippen molar-refractivity contribution in [3.63, 3.8) is 0 Å². The first-order chi connectivity index (χ1) is 6.95. The Hall–Kier alpha value is -1.49. The second-order valence-corrected chi connectivity index (χ2v) is 3.69. The fourth-order valence-corrected chi connectivity index (χ4v) is 1.69. The normalized spacial score (nSPS) is 10.0. The molecule has 72 valence electrons. The van der Waals surface area contributed by atoms with E-state index in [1.165, 1.54) is 0 Å². The molecule has 0 unspecified atom stereocenters. The van der Waals surface area contributed by atoms with Gasteiger partial charge in [-0.2, -0.15) is 5.10 Å². The Morgan fingerprint density at radius 3 is 3.07 bits per heavy atom. The molecule has 5 heteroatoms. The number of rotatable bonds is 4. The second-order valence-electron chi connectivity index (χ2n) is 2.71. The molecule has 0 aliphatic rings. The molecule has 0 atom stereocenters. The first-order valence-electron chi connectivity index (χ1n) is 4.35. The highest BCUT2D eigenvalue weighted by Gasteiger charge is 1.95. The first kappa shape index (κ1) is 9.08. The van der Waals surface area contributed by atoms with Gasteiger partial charge in [-0.05, 0) is 12.1 Å². The number of thiazole rings is 1. The van der Waals surface area contributed by atoms with E-state index < -0.39 is 0 Å². The van der Waals surface area contributed by atoms with Crippen molar-refractivity contribution in [2.24, 2.45) is 0 Å². The number of nitrogens with zero attached hydrogens (tertiary/aromatic N) is 3. The van der Waals surface area contributed by atoms with Crippen molar-refractivity contribution in [3.05, 3.63) is 34.9 Å². The molecular weight excluding hydrogens is 196 g/mol. The molecule has 1 N–H and O–H groups in total. The van der Waals surface area contributed by atoms with Crippen molar-refractivity contribution < 1.29 is 0 Å². The van der Waals surface area contributed by atoms with Crippen LogP contribution in [0.25, 0.3) is 0 Å². The Balaban J connectivity index is 1.79. The van der Waals surface area contributed by atoms with E-state index >= 15 is 0 Å². The highest BCUT2D eigenvalue weighted by atomic mass is 32.1. The van der Waals surface area contributed by atoms with Gasteiger partial charge in [0.1, 0.15) is 5.82 Å². The van der Waals surface area contributed by atoms with E-state index in [1.807, 2.05) is 23.7 Å². The Kier molecular flexibility index (Phi) is 3.03. The maximum atomic E-state index is 4.19. The molecule has 0 aliphatic carbocycles. The second kappa shape index (κ2) is 4.66. The van der Waals surface area contributed by atoms with Gasteiger partial charge < -0.3 is 5.32 Å². The summed E-state index contributed by atoms with van der Waals surface area (Å²) in [7, 11) is 0. The molecule has 0 fully saturated rings. The van der Waals surface area contributed by atoms with E-state index in [9.17, 15) is 0 Å². The Morgan fingerprint density at radius 1 is 1.36 bits per heavy atom. The van der Waals surface area contributed by atoms with Crippen LogP contribution in [0, 0.1) is 0 Å². The smallest absolute Gasteiger partial charge is 0.148 e. The van der Waals surface area contributed by atoms with Gasteiger partial charge >= 0.3 is 0 Å². The van der Waals surface area contributed by atoms with E-state index in [0.717, 1.165) is 23.8 Å². The summed E-state index contributed by atoms with van der Waals surface area (Å²) in [4.78, 5) is 4.19. The largest absolute Gasteiger partial charge is 0.368 e. The quantitative estimate of drug-likeness (QED) is 0.825. The molecule has 2 rings (SSSR count). The minimum Gasteiger partial charge on any atom is -0.368 e. The fourth-order valence-electron chi connectivity index (χ4n) is 1.07. The highest BCUT2D eigenvalue weighted by molar-refractivity contribution is 7.09. The Morgan fingerprint density at radius 2 is 2.36 bits per heavy atom. The Bertz CT molecular complexity index is 360. The van der Waals surface area contributed by atoms with Gasteiger partial charge in [0.15, 0.2) is 0 Å². The summed E-state index contributed by atoms with van der Waals surface area (Å²) >= 11 is 1.67. The number of hydrogen-bond donors (Lipinski definition) is 1. The highest BCUT2D eigenvalue weighted by Crippen LogP contribution is 2.05. The molecule has 0 spiro atoms. The Labute approximate surface area is 86.0 Å². The molecule has 4 nitrogen and oxygen atoms in total. The molecule has 0 saturated carbocycles. The lowest BCUT2D eigenvalue weighted by Gasteiger charge is -2.01. The molecule has 0 aromatic carbocycles. The predicted octanol–water partition coefficient (Wildman–Crippen LogP) is 1.59. The van der Waals surface area contributed by atoms with E-state index in [1.54, 1.807) is 17.5 Å². The van der Waals surface area contributed by atoms with Crippen LogP contribution in [0.4, 0.5) is 5.82 Å². The standard InChI is InChI=1S/C9H10N4S/c1-2-8(13-12-4-1)10-5-3-9-11-6-7-14-9/h1-2,4,6-7H,3,5H2,(H,10,13). The summed E-state index contributed by atoms with van der Waals surface area (Å²) < 4.78 is 0. The van der Waals surface area contributed by atoms with Crippen LogP contribution in [0.15, 0.2) is 29.9 Å². The van der Waals surface area contributed by atoms with Gasteiger partial charge in [-0.1, -0.05) is 0 Å². The average Bonchev–Trinajstić information content (AvgIpc) is 2.72. The molecule has 0 saturated heterocycles. The van der Waals surface area contributed by atoms with Crippen LogP contribution in [0.5, 0.6) is 0 Å². The van der Waals surface area contributed by atoms with Crippen LogP contribution in [0.3, 0.4) is 0 Å². The van der Waals surface area contributed by atoms with Crippen molar-refractivity contribution >= 4 is 17.2 Å². The molecule has 0 bridgehead atoms. The van der Waals surface area contributed by atoms with E-state index in [4.69, 9.17) is 0 Å². The van der Waals surface area contributed by atoms with Gasteiger partial charge in [-0.15, -0.1) is 16.4 Å². The maximum absolute atomic E-state index is 4.19. The SMILES string of the molecule is c1cnnc(NCCc2nccs2)c1. The summed E-state index contributed by atoms with van der Waals surface area (Å²) in [6.45, 7) is 0.839. The fraction of sp³-hybridized carbons (Fsp3) is 0.222. The van der Waals surface area contributed by atoms with E-state index in [2.05, 4.69) is 20.5 Å². The molecule has 0 amide bonds. The minimum atomic E-state index is 0.809.